The molecule has 0 aromatic carbocycles. The predicted octanol–water partition coefficient (Wildman–Crippen LogP) is 0.230. The first-order chi connectivity index (χ1) is 7.43. The topological polar surface area (TPSA) is 38.7 Å². The van der Waals surface area contributed by atoms with Gasteiger partial charge in [-0.05, 0) is 47.6 Å². The molecule has 0 amide bonds. The van der Waals surface area contributed by atoms with Gasteiger partial charge in [-0.2, -0.15) is 0 Å². The van der Waals surface area contributed by atoms with Crippen molar-refractivity contribution in [2.45, 2.75) is 25.8 Å². The van der Waals surface area contributed by atoms with E-state index in [0.717, 1.165) is 32.6 Å². The third-order valence-corrected chi connectivity index (χ3v) is 2.93. The molecule has 0 aliphatic carbocycles. The minimum atomic E-state index is -0.138. The van der Waals surface area contributed by atoms with Crippen molar-refractivity contribution >= 4 is 0 Å². The monoisotopic (exact) mass is 231 g/mol. The van der Waals surface area contributed by atoms with Crippen LogP contribution in [-0.2, 0) is 0 Å². The van der Waals surface area contributed by atoms with Crippen LogP contribution >= 0.6 is 0 Å². The zero-order chi connectivity index (χ0) is 12.6. The fourth-order valence-corrected chi connectivity index (χ4v) is 1.57. The maximum Gasteiger partial charge on any atom is 0.0611 e. The van der Waals surface area contributed by atoms with Crippen LogP contribution in [0, 0.1) is 0 Å². The van der Waals surface area contributed by atoms with Crippen LogP contribution in [-0.4, -0.2) is 74.4 Å². The molecular weight excluding hydrogens is 202 g/mol. The summed E-state index contributed by atoms with van der Waals surface area (Å²) >= 11 is 0. The second kappa shape index (κ2) is 8.01. The maximum atomic E-state index is 9.36. The minimum absolute atomic E-state index is 0.138. The fraction of sp³-hybridized carbons (Fsp3) is 1.00. The van der Waals surface area contributed by atoms with Gasteiger partial charge in [0.15, 0.2) is 0 Å². The van der Waals surface area contributed by atoms with Crippen molar-refractivity contribution in [2.75, 3.05) is 53.9 Å². The maximum absolute atomic E-state index is 9.36. The van der Waals surface area contributed by atoms with Crippen LogP contribution in [0.4, 0.5) is 0 Å². The molecule has 0 aliphatic rings. The normalized spacial score (nSPS) is 15.8. The van der Waals surface area contributed by atoms with Gasteiger partial charge in [-0.3, -0.25) is 0 Å². The van der Waals surface area contributed by atoms with E-state index in [0.29, 0.717) is 0 Å². The molecule has 1 atom stereocenters. The molecule has 0 radical (unpaired) electrons. The number of likely N-dealkylation sites (N-methyl/N-ethyl adjacent to an activating group) is 3. The summed E-state index contributed by atoms with van der Waals surface area (Å²) in [5.41, 5.74) is -0.138. The van der Waals surface area contributed by atoms with E-state index in [-0.39, 0.29) is 12.1 Å². The first-order valence-corrected chi connectivity index (χ1v) is 6.12. The molecule has 0 aromatic rings. The Morgan fingerprint density at radius 2 is 1.75 bits per heavy atom. The highest BCUT2D eigenvalue weighted by Gasteiger charge is 2.21. The third-order valence-electron chi connectivity index (χ3n) is 2.93. The SMILES string of the molecule is CCNC(C)(CO)CCN(C)CCN(C)C. The Bertz CT molecular complexity index is 176. The predicted molar refractivity (Wildman–Crippen MR) is 69.8 cm³/mol. The average Bonchev–Trinajstić information content (AvgIpc) is 2.24. The van der Waals surface area contributed by atoms with Crippen LogP contribution in [0.5, 0.6) is 0 Å². The van der Waals surface area contributed by atoms with Crippen molar-refractivity contribution in [1.29, 1.82) is 0 Å². The van der Waals surface area contributed by atoms with Crippen LogP contribution in [0.15, 0.2) is 0 Å². The van der Waals surface area contributed by atoms with Gasteiger partial charge in [-0.25, -0.2) is 0 Å². The Morgan fingerprint density at radius 3 is 2.19 bits per heavy atom. The van der Waals surface area contributed by atoms with Gasteiger partial charge in [-0.15, -0.1) is 0 Å². The van der Waals surface area contributed by atoms with Gasteiger partial charge in [0.1, 0.15) is 0 Å². The molecule has 0 aliphatic heterocycles. The van der Waals surface area contributed by atoms with Crippen LogP contribution in [0.2, 0.25) is 0 Å². The summed E-state index contributed by atoms with van der Waals surface area (Å²) in [5, 5.41) is 12.7. The first kappa shape index (κ1) is 15.8. The quantitative estimate of drug-likeness (QED) is 0.596. The van der Waals surface area contributed by atoms with E-state index in [1.807, 2.05) is 0 Å². The van der Waals surface area contributed by atoms with Gasteiger partial charge in [0.05, 0.1) is 6.61 Å². The Morgan fingerprint density at radius 1 is 1.12 bits per heavy atom. The molecule has 0 bridgehead atoms. The van der Waals surface area contributed by atoms with Crippen LogP contribution < -0.4 is 5.32 Å². The fourth-order valence-electron chi connectivity index (χ4n) is 1.57. The van der Waals surface area contributed by atoms with Crippen molar-refractivity contribution in [1.82, 2.24) is 15.1 Å². The van der Waals surface area contributed by atoms with Gasteiger partial charge >= 0.3 is 0 Å². The summed E-state index contributed by atoms with van der Waals surface area (Å²) in [6, 6.07) is 0. The molecule has 2 N–H and O–H groups in total. The van der Waals surface area contributed by atoms with E-state index in [1.165, 1.54) is 0 Å². The molecule has 98 valence electrons. The number of aliphatic hydroxyl groups excluding tert-OH is 1. The Labute approximate surface area is 101 Å². The molecular formula is C12H29N3O. The van der Waals surface area contributed by atoms with E-state index in [4.69, 9.17) is 0 Å². The molecule has 0 fully saturated rings. The zero-order valence-electron chi connectivity index (χ0n) is 11.6. The van der Waals surface area contributed by atoms with Crippen LogP contribution in [0.1, 0.15) is 20.3 Å². The van der Waals surface area contributed by atoms with Crippen molar-refractivity contribution in [3.8, 4) is 0 Å². The van der Waals surface area contributed by atoms with Crippen molar-refractivity contribution in [3.05, 3.63) is 0 Å². The molecule has 0 saturated carbocycles. The Hall–Kier alpha value is -0.160. The molecule has 0 heterocycles. The number of rotatable bonds is 9. The van der Waals surface area contributed by atoms with Crippen molar-refractivity contribution in [2.24, 2.45) is 0 Å². The molecule has 4 heteroatoms. The van der Waals surface area contributed by atoms with E-state index in [9.17, 15) is 5.11 Å². The number of nitrogens with one attached hydrogen (secondary N) is 1. The smallest absolute Gasteiger partial charge is 0.0611 e. The average molecular weight is 231 g/mol. The molecule has 4 nitrogen and oxygen atoms in total. The lowest BCUT2D eigenvalue weighted by molar-refractivity contribution is 0.151. The molecule has 0 saturated heterocycles. The lowest BCUT2D eigenvalue weighted by Crippen LogP contribution is -2.47. The van der Waals surface area contributed by atoms with Gasteiger partial charge < -0.3 is 20.2 Å². The molecule has 0 aromatic heterocycles. The highest BCUT2D eigenvalue weighted by Crippen LogP contribution is 2.08. The van der Waals surface area contributed by atoms with Gasteiger partial charge in [-0.1, -0.05) is 6.92 Å². The highest BCUT2D eigenvalue weighted by atomic mass is 16.3. The standard InChI is InChI=1S/C12H29N3O/c1-6-13-12(2,11-16)7-8-15(5)10-9-14(3)4/h13,16H,6-11H2,1-5H3. The van der Waals surface area contributed by atoms with E-state index in [2.05, 4.69) is 50.1 Å². The van der Waals surface area contributed by atoms with Gasteiger partial charge in [0, 0.05) is 18.6 Å². The number of hydrogen-bond acceptors (Lipinski definition) is 4. The van der Waals surface area contributed by atoms with Crippen LogP contribution in [0.3, 0.4) is 0 Å². The minimum Gasteiger partial charge on any atom is -0.394 e. The Kier molecular flexibility index (Phi) is 7.93. The number of aliphatic hydroxyl groups is 1. The summed E-state index contributed by atoms with van der Waals surface area (Å²) in [6.07, 6.45) is 0.973. The molecule has 16 heavy (non-hydrogen) atoms. The summed E-state index contributed by atoms with van der Waals surface area (Å²) in [6.45, 7) is 8.41. The zero-order valence-corrected chi connectivity index (χ0v) is 11.6. The third kappa shape index (κ3) is 7.17. The summed E-state index contributed by atoms with van der Waals surface area (Å²) in [5.74, 6) is 0. The summed E-state index contributed by atoms with van der Waals surface area (Å²) < 4.78 is 0. The van der Waals surface area contributed by atoms with E-state index < -0.39 is 0 Å². The first-order valence-electron chi connectivity index (χ1n) is 6.12. The number of nitrogens with zero attached hydrogens (tertiary/aromatic N) is 2. The van der Waals surface area contributed by atoms with Crippen LogP contribution in [0.25, 0.3) is 0 Å². The second-order valence-corrected chi connectivity index (χ2v) is 5.11. The molecule has 0 rings (SSSR count). The van der Waals surface area contributed by atoms with Gasteiger partial charge in [0.2, 0.25) is 0 Å². The van der Waals surface area contributed by atoms with Crippen molar-refractivity contribution < 1.29 is 5.11 Å². The lowest BCUT2D eigenvalue weighted by atomic mass is 9.99. The summed E-state index contributed by atoms with van der Waals surface area (Å²) in [4.78, 5) is 4.50. The lowest BCUT2D eigenvalue weighted by Gasteiger charge is -2.30. The van der Waals surface area contributed by atoms with E-state index in [1.54, 1.807) is 0 Å². The molecule has 1 unspecified atom stereocenters. The summed E-state index contributed by atoms with van der Waals surface area (Å²) in [7, 11) is 6.31. The van der Waals surface area contributed by atoms with Gasteiger partial charge in [0.25, 0.3) is 0 Å². The van der Waals surface area contributed by atoms with E-state index >= 15 is 0 Å². The Balaban J connectivity index is 3.83. The largest absolute Gasteiger partial charge is 0.394 e. The number of hydrogen-bond donors (Lipinski definition) is 2. The van der Waals surface area contributed by atoms with Crippen molar-refractivity contribution in [3.63, 3.8) is 0 Å². The highest BCUT2D eigenvalue weighted by molar-refractivity contribution is 4.82. The second-order valence-electron chi connectivity index (χ2n) is 5.11. The molecule has 0 spiro atoms.